The van der Waals surface area contributed by atoms with Crippen LogP contribution in [0.3, 0.4) is 0 Å². The molecule has 0 saturated heterocycles. The van der Waals surface area contributed by atoms with Crippen LogP contribution >= 0.6 is 11.8 Å². The van der Waals surface area contributed by atoms with Gasteiger partial charge in [0.15, 0.2) is 0 Å². The summed E-state index contributed by atoms with van der Waals surface area (Å²) in [6.45, 7) is 2.06. The zero-order valence-corrected chi connectivity index (χ0v) is 6.86. The molecule has 0 aromatic rings. The smallest absolute Gasteiger partial charge is 0.218 e. The largest absolute Gasteiger partial charge is 0.395 e. The Morgan fingerprint density at radius 2 is 2.40 bits per heavy atom. The summed E-state index contributed by atoms with van der Waals surface area (Å²) in [5, 5.41) is 8.77. The van der Waals surface area contributed by atoms with Gasteiger partial charge in [-0.25, -0.2) is 0 Å². The first-order valence-corrected chi connectivity index (χ1v) is 4.22. The first-order chi connectivity index (χ1) is 4.66. The van der Waals surface area contributed by atoms with Gasteiger partial charge >= 0.3 is 0 Å². The number of aliphatic hydroxyl groups excluding tert-OH is 1. The van der Waals surface area contributed by atoms with Crippen LogP contribution < -0.4 is 5.73 Å². The number of hydrogen-bond donors (Lipinski definition) is 2. The predicted molar refractivity (Wildman–Crippen MR) is 42.8 cm³/mol. The predicted octanol–water partition coefficient (Wildman–Crippen LogP) is -0.0242. The van der Waals surface area contributed by atoms with E-state index in [2.05, 4.69) is 0 Å². The number of nitrogens with two attached hydrogens (primary N) is 1. The van der Waals surface area contributed by atoms with Crippen LogP contribution in [0.25, 0.3) is 0 Å². The summed E-state index contributed by atoms with van der Waals surface area (Å²) < 4.78 is 0. The van der Waals surface area contributed by atoms with Crippen molar-refractivity contribution < 1.29 is 9.90 Å². The Hall–Kier alpha value is -0.220. The van der Waals surface area contributed by atoms with Gasteiger partial charge < -0.3 is 10.8 Å². The Kier molecular flexibility index (Phi) is 5.43. The quantitative estimate of drug-likeness (QED) is 0.598. The highest BCUT2D eigenvalue weighted by atomic mass is 32.2. The van der Waals surface area contributed by atoms with E-state index in [1.165, 1.54) is 0 Å². The number of amides is 1. The molecule has 10 heavy (non-hydrogen) atoms. The lowest BCUT2D eigenvalue weighted by Crippen LogP contribution is -2.12. The van der Waals surface area contributed by atoms with Crippen molar-refractivity contribution in [3.8, 4) is 0 Å². The van der Waals surface area contributed by atoms with E-state index in [9.17, 15) is 4.79 Å². The van der Waals surface area contributed by atoms with Gasteiger partial charge in [-0.05, 0) is 0 Å². The van der Waals surface area contributed by atoms with Gasteiger partial charge in [0.25, 0.3) is 0 Å². The normalized spacial score (nSPS) is 13.0. The first kappa shape index (κ1) is 9.78. The second-order valence-electron chi connectivity index (χ2n) is 2.08. The summed E-state index contributed by atoms with van der Waals surface area (Å²) >= 11 is 1.55. The fourth-order valence-electron chi connectivity index (χ4n) is 0.413. The van der Waals surface area contributed by atoms with Gasteiger partial charge in [-0.2, -0.15) is 11.8 Å². The monoisotopic (exact) mass is 163 g/mol. The van der Waals surface area contributed by atoms with E-state index in [0.717, 1.165) is 0 Å². The third kappa shape index (κ3) is 5.91. The molecule has 0 radical (unpaired) electrons. The van der Waals surface area contributed by atoms with Crippen LogP contribution in [0.2, 0.25) is 0 Å². The number of aliphatic hydroxyl groups is 1. The van der Waals surface area contributed by atoms with Crippen molar-refractivity contribution in [1.29, 1.82) is 0 Å². The fourth-order valence-corrected chi connectivity index (χ4v) is 1.24. The minimum Gasteiger partial charge on any atom is -0.395 e. The SMILES string of the molecule is CC(CO)SCCC(N)=O. The highest BCUT2D eigenvalue weighted by Gasteiger charge is 2.00. The summed E-state index contributed by atoms with van der Waals surface area (Å²) in [5.74, 6) is 0.425. The maximum Gasteiger partial charge on any atom is 0.218 e. The molecule has 0 heterocycles. The molecule has 4 heteroatoms. The van der Waals surface area contributed by atoms with Crippen LogP contribution in [0.15, 0.2) is 0 Å². The molecule has 0 rings (SSSR count). The molecule has 60 valence electrons. The Balaban J connectivity index is 3.11. The first-order valence-electron chi connectivity index (χ1n) is 3.17. The maximum atomic E-state index is 10.2. The van der Waals surface area contributed by atoms with Crippen LogP contribution in [-0.4, -0.2) is 28.6 Å². The number of rotatable bonds is 5. The summed E-state index contributed by atoms with van der Waals surface area (Å²) in [6.07, 6.45) is 0.398. The second-order valence-corrected chi connectivity index (χ2v) is 3.63. The van der Waals surface area contributed by atoms with Crippen molar-refractivity contribution in [2.75, 3.05) is 12.4 Å². The standard InChI is InChI=1S/C6H13NO2S/c1-5(4-8)10-3-2-6(7)9/h5,8H,2-4H2,1H3,(H2,7,9). The van der Waals surface area contributed by atoms with Crippen LogP contribution in [0.4, 0.5) is 0 Å². The number of carbonyl (C=O) groups is 1. The summed E-state index contributed by atoms with van der Waals surface area (Å²) in [4.78, 5) is 10.2. The molecule has 1 unspecified atom stereocenters. The number of primary amides is 1. The van der Waals surface area contributed by atoms with Gasteiger partial charge in [0.05, 0.1) is 6.61 Å². The molecule has 0 aromatic heterocycles. The van der Waals surface area contributed by atoms with Crippen LogP contribution in [0.1, 0.15) is 13.3 Å². The molecule has 0 aromatic carbocycles. The van der Waals surface area contributed by atoms with E-state index >= 15 is 0 Å². The zero-order valence-electron chi connectivity index (χ0n) is 6.04. The summed E-state index contributed by atoms with van der Waals surface area (Å²) in [5.41, 5.74) is 4.91. The molecule has 3 N–H and O–H groups in total. The molecule has 0 saturated carbocycles. The molecule has 3 nitrogen and oxygen atoms in total. The summed E-state index contributed by atoms with van der Waals surface area (Å²) in [6, 6.07) is 0. The molecule has 0 bridgehead atoms. The molecule has 0 aliphatic rings. The molecular weight excluding hydrogens is 150 g/mol. The van der Waals surface area contributed by atoms with Gasteiger partial charge in [-0.3, -0.25) is 4.79 Å². The lowest BCUT2D eigenvalue weighted by atomic mass is 10.5. The lowest BCUT2D eigenvalue weighted by molar-refractivity contribution is -0.117. The second kappa shape index (κ2) is 5.56. The van der Waals surface area contributed by atoms with Crippen molar-refractivity contribution in [2.24, 2.45) is 5.73 Å². The Bertz CT molecular complexity index is 108. The van der Waals surface area contributed by atoms with Crippen LogP contribution in [-0.2, 0) is 4.79 Å². The topological polar surface area (TPSA) is 63.3 Å². The zero-order chi connectivity index (χ0) is 7.98. The maximum absolute atomic E-state index is 10.2. The van der Waals surface area contributed by atoms with E-state index < -0.39 is 0 Å². The van der Waals surface area contributed by atoms with E-state index in [1.54, 1.807) is 11.8 Å². The van der Waals surface area contributed by atoms with E-state index in [-0.39, 0.29) is 17.8 Å². The van der Waals surface area contributed by atoms with E-state index in [4.69, 9.17) is 10.8 Å². The van der Waals surface area contributed by atoms with Gasteiger partial charge in [-0.15, -0.1) is 0 Å². The van der Waals surface area contributed by atoms with Crippen molar-refractivity contribution >= 4 is 17.7 Å². The minimum absolute atomic E-state index is 0.156. The van der Waals surface area contributed by atoms with Crippen molar-refractivity contribution in [3.05, 3.63) is 0 Å². The molecule has 1 atom stereocenters. The number of carbonyl (C=O) groups excluding carboxylic acids is 1. The summed E-state index contributed by atoms with van der Waals surface area (Å²) in [7, 11) is 0. The van der Waals surface area contributed by atoms with Crippen LogP contribution in [0, 0.1) is 0 Å². The third-order valence-corrected chi connectivity index (χ3v) is 2.17. The molecule has 0 aliphatic carbocycles. The molecule has 0 fully saturated rings. The van der Waals surface area contributed by atoms with Crippen molar-refractivity contribution in [2.45, 2.75) is 18.6 Å². The minimum atomic E-state index is -0.280. The molecule has 1 amide bonds. The van der Waals surface area contributed by atoms with Gasteiger partial charge in [0.1, 0.15) is 0 Å². The highest BCUT2D eigenvalue weighted by molar-refractivity contribution is 7.99. The Morgan fingerprint density at radius 3 is 2.80 bits per heavy atom. The van der Waals surface area contributed by atoms with E-state index in [0.29, 0.717) is 12.2 Å². The van der Waals surface area contributed by atoms with Gasteiger partial charge in [0.2, 0.25) is 5.91 Å². The van der Waals surface area contributed by atoms with Crippen molar-refractivity contribution in [3.63, 3.8) is 0 Å². The fraction of sp³-hybridized carbons (Fsp3) is 0.833. The molecular formula is C6H13NO2S. The van der Waals surface area contributed by atoms with Gasteiger partial charge in [0, 0.05) is 17.4 Å². The molecule has 0 spiro atoms. The Labute approximate surface area is 65.0 Å². The lowest BCUT2D eigenvalue weighted by Gasteiger charge is -2.04. The third-order valence-electron chi connectivity index (χ3n) is 1.01. The van der Waals surface area contributed by atoms with E-state index in [1.807, 2.05) is 6.92 Å². The number of hydrogen-bond acceptors (Lipinski definition) is 3. The average Bonchev–Trinajstić information content (AvgIpc) is 1.87. The van der Waals surface area contributed by atoms with Crippen LogP contribution in [0.5, 0.6) is 0 Å². The highest BCUT2D eigenvalue weighted by Crippen LogP contribution is 2.09. The average molecular weight is 163 g/mol. The Morgan fingerprint density at radius 1 is 1.80 bits per heavy atom. The number of thioether (sulfide) groups is 1. The van der Waals surface area contributed by atoms with Gasteiger partial charge in [-0.1, -0.05) is 6.92 Å². The van der Waals surface area contributed by atoms with Crippen molar-refractivity contribution in [1.82, 2.24) is 0 Å². The molecule has 0 aliphatic heterocycles.